The maximum absolute atomic E-state index is 5.59. The van der Waals surface area contributed by atoms with E-state index >= 15 is 0 Å². The van der Waals surface area contributed by atoms with Gasteiger partial charge in [0.1, 0.15) is 11.8 Å². The Morgan fingerprint density at radius 2 is 2.20 bits per heavy atom. The van der Waals surface area contributed by atoms with Gasteiger partial charge in [0.2, 0.25) is 0 Å². The Morgan fingerprint density at radius 3 is 3.10 bits per heavy atom. The number of hydrogen-bond acceptors (Lipinski definition) is 3. The molecular weight excluding hydrogens is 250 g/mol. The highest BCUT2D eigenvalue weighted by Crippen LogP contribution is 2.31. The van der Waals surface area contributed by atoms with Crippen molar-refractivity contribution in [3.63, 3.8) is 0 Å². The number of para-hydroxylation sites is 1. The molecule has 1 aliphatic rings. The summed E-state index contributed by atoms with van der Waals surface area (Å²) in [5.41, 5.74) is 4.16. The quantitative estimate of drug-likeness (QED) is 0.749. The lowest BCUT2D eigenvalue weighted by molar-refractivity contribution is 0.454. The molecule has 1 aromatic carbocycles. The number of benzene rings is 1. The number of rotatable bonds is 2. The molecule has 0 spiro atoms. The fourth-order valence-electron chi connectivity index (χ4n) is 2.98. The van der Waals surface area contributed by atoms with Crippen LogP contribution in [-0.2, 0) is 0 Å². The minimum absolute atomic E-state index is 0.545. The van der Waals surface area contributed by atoms with Gasteiger partial charge in [-0.05, 0) is 31.5 Å². The summed E-state index contributed by atoms with van der Waals surface area (Å²) in [5.74, 6) is 0.545. The van der Waals surface area contributed by atoms with Crippen LogP contribution >= 0.6 is 0 Å². The molecule has 1 aliphatic heterocycles. The fourth-order valence-corrected chi connectivity index (χ4v) is 2.98. The van der Waals surface area contributed by atoms with Crippen LogP contribution in [0.4, 0.5) is 0 Å². The van der Waals surface area contributed by atoms with E-state index in [1.54, 1.807) is 6.26 Å². The molecule has 3 aromatic rings. The first-order valence-electron chi connectivity index (χ1n) is 7.14. The third-order valence-electron chi connectivity index (χ3n) is 4.09. The van der Waals surface area contributed by atoms with Crippen molar-refractivity contribution in [1.82, 2.24) is 15.5 Å². The van der Waals surface area contributed by atoms with Crippen LogP contribution in [0.5, 0.6) is 0 Å². The van der Waals surface area contributed by atoms with Gasteiger partial charge in [0.05, 0.1) is 5.69 Å². The van der Waals surface area contributed by atoms with Gasteiger partial charge in [0, 0.05) is 29.1 Å². The topological polar surface area (TPSA) is 53.9 Å². The zero-order valence-electron chi connectivity index (χ0n) is 11.2. The number of piperidine rings is 1. The first kappa shape index (κ1) is 11.7. The van der Waals surface area contributed by atoms with Crippen molar-refractivity contribution in [3.8, 4) is 11.3 Å². The number of aromatic amines is 1. The van der Waals surface area contributed by atoms with Crippen molar-refractivity contribution in [1.29, 1.82) is 0 Å². The van der Waals surface area contributed by atoms with Crippen LogP contribution in [0.25, 0.3) is 22.2 Å². The molecule has 1 saturated heterocycles. The van der Waals surface area contributed by atoms with Crippen molar-refractivity contribution in [2.45, 2.75) is 18.8 Å². The van der Waals surface area contributed by atoms with Gasteiger partial charge in [0.25, 0.3) is 0 Å². The molecule has 2 aromatic heterocycles. The van der Waals surface area contributed by atoms with E-state index < -0.39 is 0 Å². The fraction of sp³-hybridized carbons (Fsp3) is 0.312. The zero-order valence-corrected chi connectivity index (χ0v) is 11.2. The summed E-state index contributed by atoms with van der Waals surface area (Å²) in [7, 11) is 0. The van der Waals surface area contributed by atoms with Gasteiger partial charge in [-0.2, -0.15) is 5.10 Å². The van der Waals surface area contributed by atoms with Crippen LogP contribution in [-0.4, -0.2) is 23.3 Å². The Labute approximate surface area is 117 Å². The number of nitrogens with one attached hydrogen (secondary N) is 2. The van der Waals surface area contributed by atoms with Crippen LogP contribution in [0.1, 0.15) is 24.5 Å². The molecule has 0 aliphatic carbocycles. The molecule has 1 atom stereocenters. The molecule has 4 rings (SSSR count). The lowest BCUT2D eigenvalue weighted by Crippen LogP contribution is -2.28. The maximum atomic E-state index is 5.59. The summed E-state index contributed by atoms with van der Waals surface area (Å²) < 4.78 is 5.59. The molecule has 1 fully saturated rings. The normalized spacial score (nSPS) is 19.5. The second-order valence-electron chi connectivity index (χ2n) is 5.40. The molecule has 20 heavy (non-hydrogen) atoms. The molecule has 1 unspecified atom stereocenters. The third-order valence-corrected chi connectivity index (χ3v) is 4.09. The summed E-state index contributed by atoms with van der Waals surface area (Å²) in [4.78, 5) is 0. The summed E-state index contributed by atoms with van der Waals surface area (Å²) >= 11 is 0. The van der Waals surface area contributed by atoms with Crippen molar-refractivity contribution in [3.05, 3.63) is 42.3 Å². The summed E-state index contributed by atoms with van der Waals surface area (Å²) in [6, 6.07) is 10.2. The highest BCUT2D eigenvalue weighted by Gasteiger charge is 2.18. The monoisotopic (exact) mass is 267 g/mol. The number of H-pyrrole nitrogens is 1. The molecule has 0 saturated carbocycles. The number of fused-ring (bicyclic) bond motifs is 1. The molecule has 102 valence electrons. The minimum Gasteiger partial charge on any atom is -0.464 e. The largest absolute Gasteiger partial charge is 0.464 e. The number of furan rings is 1. The van der Waals surface area contributed by atoms with Crippen molar-refractivity contribution in [2.75, 3.05) is 13.1 Å². The minimum atomic E-state index is 0.545. The summed E-state index contributed by atoms with van der Waals surface area (Å²) in [6.45, 7) is 2.16. The molecule has 0 amide bonds. The Hall–Kier alpha value is -2.07. The predicted molar refractivity (Wildman–Crippen MR) is 78.6 cm³/mol. The Bertz CT molecular complexity index is 722. The maximum Gasteiger partial charge on any atom is 0.134 e. The van der Waals surface area contributed by atoms with E-state index in [4.69, 9.17) is 4.42 Å². The molecule has 0 radical (unpaired) electrons. The molecule has 2 N–H and O–H groups in total. The van der Waals surface area contributed by atoms with Gasteiger partial charge in [-0.15, -0.1) is 0 Å². The number of aromatic nitrogens is 2. The third kappa shape index (κ3) is 1.93. The van der Waals surface area contributed by atoms with Crippen molar-refractivity contribution in [2.24, 2.45) is 0 Å². The second kappa shape index (κ2) is 4.80. The highest BCUT2D eigenvalue weighted by molar-refractivity contribution is 5.92. The Morgan fingerprint density at radius 1 is 1.25 bits per heavy atom. The van der Waals surface area contributed by atoms with Crippen LogP contribution in [0.3, 0.4) is 0 Å². The van der Waals surface area contributed by atoms with E-state index in [9.17, 15) is 0 Å². The molecule has 0 bridgehead atoms. The van der Waals surface area contributed by atoms with Crippen LogP contribution in [0.2, 0.25) is 0 Å². The molecule has 4 heteroatoms. The first-order valence-corrected chi connectivity index (χ1v) is 7.14. The Kier molecular flexibility index (Phi) is 2.81. The molecular formula is C16H17N3O. The standard InChI is InChI=1S/C16H17N3O/c1-2-6-16-12(5-1)13(10-20-16)15-8-14(18-19-15)11-4-3-7-17-9-11/h1-2,5-6,8,10-11,17H,3-4,7,9H2,(H,18,19). The van der Waals surface area contributed by atoms with Crippen LogP contribution < -0.4 is 5.32 Å². The average molecular weight is 267 g/mol. The Balaban J connectivity index is 1.70. The van der Waals surface area contributed by atoms with E-state index in [0.29, 0.717) is 5.92 Å². The van der Waals surface area contributed by atoms with E-state index in [-0.39, 0.29) is 0 Å². The van der Waals surface area contributed by atoms with Gasteiger partial charge in [-0.3, -0.25) is 5.10 Å². The summed E-state index contributed by atoms with van der Waals surface area (Å²) in [6.07, 6.45) is 4.25. The molecule has 4 nitrogen and oxygen atoms in total. The number of hydrogen-bond donors (Lipinski definition) is 2. The van der Waals surface area contributed by atoms with Crippen LogP contribution in [0, 0.1) is 0 Å². The summed E-state index contributed by atoms with van der Waals surface area (Å²) in [5, 5.41) is 12.2. The lowest BCUT2D eigenvalue weighted by atomic mass is 9.96. The number of nitrogens with zero attached hydrogens (tertiary/aromatic N) is 1. The van der Waals surface area contributed by atoms with E-state index in [0.717, 1.165) is 35.3 Å². The van der Waals surface area contributed by atoms with E-state index in [1.807, 2.05) is 18.2 Å². The second-order valence-corrected chi connectivity index (χ2v) is 5.40. The smallest absolute Gasteiger partial charge is 0.134 e. The molecule has 3 heterocycles. The van der Waals surface area contributed by atoms with Crippen molar-refractivity contribution < 1.29 is 4.42 Å². The highest BCUT2D eigenvalue weighted by atomic mass is 16.3. The van der Waals surface area contributed by atoms with E-state index in [2.05, 4.69) is 27.6 Å². The SMILES string of the molecule is c1ccc2c(-c3cc(C4CCCNC4)[nH]n3)coc2c1. The zero-order chi connectivity index (χ0) is 13.4. The van der Waals surface area contributed by atoms with Gasteiger partial charge >= 0.3 is 0 Å². The van der Waals surface area contributed by atoms with Gasteiger partial charge < -0.3 is 9.73 Å². The predicted octanol–water partition coefficient (Wildman–Crippen LogP) is 3.29. The van der Waals surface area contributed by atoms with Gasteiger partial charge in [0.15, 0.2) is 0 Å². The van der Waals surface area contributed by atoms with Gasteiger partial charge in [-0.1, -0.05) is 18.2 Å². The van der Waals surface area contributed by atoms with Crippen molar-refractivity contribution >= 4 is 11.0 Å². The first-order chi connectivity index (χ1) is 9.92. The van der Waals surface area contributed by atoms with Crippen LogP contribution in [0.15, 0.2) is 41.0 Å². The van der Waals surface area contributed by atoms with Gasteiger partial charge in [-0.25, -0.2) is 0 Å². The average Bonchev–Trinajstić information content (AvgIpc) is 3.14. The van der Waals surface area contributed by atoms with E-state index in [1.165, 1.54) is 18.5 Å². The lowest BCUT2D eigenvalue weighted by Gasteiger charge is -2.21.